The molecule has 0 bridgehead atoms. The van der Waals surface area contributed by atoms with Crippen molar-refractivity contribution in [2.45, 2.75) is 6.04 Å². The summed E-state index contributed by atoms with van der Waals surface area (Å²) in [5.41, 5.74) is 2.75. The van der Waals surface area contributed by atoms with Crippen LogP contribution in [-0.2, 0) is 0 Å². The highest BCUT2D eigenvalue weighted by molar-refractivity contribution is 9.10. The van der Waals surface area contributed by atoms with Crippen LogP contribution in [0.2, 0.25) is 5.02 Å². The third kappa shape index (κ3) is 3.89. The van der Waals surface area contributed by atoms with Gasteiger partial charge in [-0.05, 0) is 18.2 Å². The largest absolute Gasteiger partial charge is 0.335 e. The molecule has 0 unspecified atom stereocenters. The molecule has 0 N–H and O–H groups in total. The number of likely N-dealkylation sites (tertiary alicyclic amines) is 1. The molecule has 9 heteroatoms. The van der Waals surface area contributed by atoms with Crippen LogP contribution < -0.4 is 0 Å². The van der Waals surface area contributed by atoms with E-state index in [0.717, 1.165) is 17.6 Å². The van der Waals surface area contributed by atoms with Crippen molar-refractivity contribution in [2.24, 2.45) is 0 Å². The second-order valence-electron chi connectivity index (χ2n) is 6.69. The van der Waals surface area contributed by atoms with Gasteiger partial charge in [-0.3, -0.25) is 14.5 Å². The van der Waals surface area contributed by atoms with E-state index in [4.69, 9.17) is 11.6 Å². The van der Waals surface area contributed by atoms with Gasteiger partial charge >= 0.3 is 0 Å². The van der Waals surface area contributed by atoms with E-state index in [2.05, 4.69) is 25.8 Å². The summed E-state index contributed by atoms with van der Waals surface area (Å²) >= 11 is 11.0. The third-order valence-corrected chi connectivity index (χ3v) is 6.47. The normalized spacial score (nSPS) is 18.4. The van der Waals surface area contributed by atoms with Gasteiger partial charge in [-0.1, -0.05) is 27.5 Å². The zero-order chi connectivity index (χ0) is 19.0. The monoisotopic (exact) mass is 468 g/mol. The van der Waals surface area contributed by atoms with E-state index >= 15 is 0 Å². The molecule has 2 saturated heterocycles. The Balaban J connectivity index is 1.28. The van der Waals surface area contributed by atoms with Crippen LogP contribution in [0.25, 0.3) is 0 Å². The first kappa shape index (κ1) is 18.9. The maximum atomic E-state index is 12.6. The van der Waals surface area contributed by atoms with Crippen molar-refractivity contribution in [3.05, 3.63) is 49.8 Å². The van der Waals surface area contributed by atoms with Gasteiger partial charge in [0.1, 0.15) is 5.69 Å². The lowest BCUT2D eigenvalue weighted by molar-refractivity contribution is 0.00845. The molecule has 0 radical (unpaired) electrons. The lowest BCUT2D eigenvalue weighted by Crippen LogP contribution is -2.64. The highest BCUT2D eigenvalue weighted by atomic mass is 79.9. The van der Waals surface area contributed by atoms with E-state index in [0.29, 0.717) is 48.5 Å². The molecule has 2 fully saturated rings. The van der Waals surface area contributed by atoms with Crippen molar-refractivity contribution in [1.29, 1.82) is 0 Å². The van der Waals surface area contributed by atoms with Crippen LogP contribution in [0.4, 0.5) is 0 Å². The van der Waals surface area contributed by atoms with Gasteiger partial charge in [0, 0.05) is 55.2 Å². The molecule has 6 nitrogen and oxygen atoms in total. The first-order valence-corrected chi connectivity index (χ1v) is 10.8. The molecule has 1 aromatic carbocycles. The van der Waals surface area contributed by atoms with Crippen molar-refractivity contribution in [1.82, 2.24) is 19.7 Å². The minimum Gasteiger partial charge on any atom is -0.335 e. The molecule has 3 heterocycles. The van der Waals surface area contributed by atoms with Crippen molar-refractivity contribution in [2.75, 3.05) is 39.3 Å². The second-order valence-corrected chi connectivity index (χ2v) is 8.73. The maximum Gasteiger partial charge on any atom is 0.273 e. The molecule has 142 valence electrons. The highest BCUT2D eigenvalue weighted by Gasteiger charge is 2.37. The van der Waals surface area contributed by atoms with Gasteiger partial charge < -0.3 is 9.80 Å². The van der Waals surface area contributed by atoms with Gasteiger partial charge in [0.2, 0.25) is 0 Å². The van der Waals surface area contributed by atoms with E-state index < -0.39 is 0 Å². The topological polar surface area (TPSA) is 56.8 Å². The van der Waals surface area contributed by atoms with Crippen molar-refractivity contribution in [3.8, 4) is 0 Å². The molecule has 4 rings (SSSR count). The fourth-order valence-corrected chi connectivity index (χ4v) is 4.74. The predicted octanol–water partition coefficient (Wildman–Crippen LogP) is 2.84. The van der Waals surface area contributed by atoms with Crippen LogP contribution in [0, 0.1) is 0 Å². The van der Waals surface area contributed by atoms with Gasteiger partial charge in [-0.15, -0.1) is 11.3 Å². The first-order chi connectivity index (χ1) is 13.0. The van der Waals surface area contributed by atoms with Gasteiger partial charge in [-0.25, -0.2) is 4.98 Å². The summed E-state index contributed by atoms with van der Waals surface area (Å²) in [6.07, 6.45) is 0. The minimum absolute atomic E-state index is 0.00574. The van der Waals surface area contributed by atoms with Crippen molar-refractivity contribution in [3.63, 3.8) is 0 Å². The Morgan fingerprint density at radius 2 is 1.85 bits per heavy atom. The molecule has 0 atom stereocenters. The lowest BCUT2D eigenvalue weighted by atomic mass is 10.0. The Morgan fingerprint density at radius 1 is 1.11 bits per heavy atom. The number of nitrogens with zero attached hydrogens (tertiary/aromatic N) is 4. The Kier molecular flexibility index (Phi) is 5.50. The molecule has 0 spiro atoms. The number of thiazole rings is 1. The van der Waals surface area contributed by atoms with E-state index in [-0.39, 0.29) is 11.8 Å². The molecule has 2 aromatic rings. The van der Waals surface area contributed by atoms with E-state index in [1.54, 1.807) is 23.0 Å². The van der Waals surface area contributed by atoms with Gasteiger partial charge in [0.15, 0.2) is 0 Å². The number of amides is 2. The Morgan fingerprint density at radius 3 is 2.48 bits per heavy atom. The number of benzene rings is 1. The number of rotatable bonds is 3. The van der Waals surface area contributed by atoms with Crippen LogP contribution >= 0.6 is 38.9 Å². The van der Waals surface area contributed by atoms with Crippen molar-refractivity contribution < 1.29 is 9.59 Å². The number of aromatic nitrogens is 1. The number of carbonyl (C=O) groups excluding carboxylic acids is 2. The van der Waals surface area contributed by atoms with E-state index in [1.807, 2.05) is 15.9 Å². The van der Waals surface area contributed by atoms with Crippen molar-refractivity contribution >= 4 is 50.7 Å². The molecule has 27 heavy (non-hydrogen) atoms. The summed E-state index contributed by atoms with van der Waals surface area (Å²) in [7, 11) is 0. The molecular formula is C18H18BrClN4O2S. The smallest absolute Gasteiger partial charge is 0.273 e. The Hall–Kier alpha value is -1.48. The minimum atomic E-state index is -0.0268. The van der Waals surface area contributed by atoms with E-state index in [1.165, 1.54) is 11.3 Å². The quantitative estimate of drug-likeness (QED) is 0.694. The molecule has 0 aliphatic carbocycles. The molecule has 2 aliphatic heterocycles. The third-order valence-electron chi connectivity index (χ3n) is 5.08. The summed E-state index contributed by atoms with van der Waals surface area (Å²) in [6.45, 7) is 4.43. The fraction of sp³-hybridized carbons (Fsp3) is 0.389. The number of halogens is 2. The summed E-state index contributed by atoms with van der Waals surface area (Å²) in [5.74, 6) is -0.0210. The van der Waals surface area contributed by atoms with Crippen LogP contribution in [0.15, 0.2) is 33.6 Å². The number of hydrogen-bond acceptors (Lipinski definition) is 5. The number of hydrogen-bond donors (Lipinski definition) is 0. The Labute approximate surface area is 174 Å². The van der Waals surface area contributed by atoms with Crippen LogP contribution in [0.3, 0.4) is 0 Å². The summed E-state index contributed by atoms with van der Waals surface area (Å²) in [4.78, 5) is 35.1. The van der Waals surface area contributed by atoms with E-state index in [9.17, 15) is 9.59 Å². The Bertz CT molecular complexity index is 849. The van der Waals surface area contributed by atoms with Gasteiger partial charge in [0.05, 0.1) is 16.1 Å². The van der Waals surface area contributed by atoms with Gasteiger partial charge in [0.25, 0.3) is 11.8 Å². The molecule has 1 aromatic heterocycles. The number of piperazine rings is 1. The van der Waals surface area contributed by atoms with Crippen LogP contribution in [0.1, 0.15) is 20.8 Å². The fourth-order valence-electron chi connectivity index (χ4n) is 3.46. The summed E-state index contributed by atoms with van der Waals surface area (Å²) < 4.78 is 0.857. The van der Waals surface area contributed by atoms with Crippen LogP contribution in [0.5, 0.6) is 0 Å². The summed E-state index contributed by atoms with van der Waals surface area (Å²) in [6, 6.07) is 5.67. The molecule has 2 aliphatic rings. The lowest BCUT2D eigenvalue weighted by Gasteiger charge is -2.48. The van der Waals surface area contributed by atoms with Gasteiger partial charge in [-0.2, -0.15) is 0 Å². The SMILES string of the molecule is O=C(c1cscn1)N1CCN(C2CN(C(=O)c3ccc(Br)cc3Cl)C2)CC1. The standard InChI is InChI=1S/C18H18BrClN4O2S/c19-12-1-2-14(15(20)7-12)17(25)24-8-13(9-24)22-3-5-23(6-4-22)18(26)16-10-27-11-21-16/h1-2,7,10-11,13H,3-6,8-9H2. The average molecular weight is 470 g/mol. The first-order valence-electron chi connectivity index (χ1n) is 8.69. The average Bonchev–Trinajstić information content (AvgIpc) is 3.15. The maximum absolute atomic E-state index is 12.6. The molecule has 2 amide bonds. The summed E-state index contributed by atoms with van der Waals surface area (Å²) in [5, 5.41) is 2.25. The molecular weight excluding hydrogens is 452 g/mol. The molecule has 0 saturated carbocycles. The highest BCUT2D eigenvalue weighted by Crippen LogP contribution is 2.26. The zero-order valence-electron chi connectivity index (χ0n) is 14.5. The number of carbonyl (C=O) groups is 2. The second kappa shape index (κ2) is 7.87. The zero-order valence-corrected chi connectivity index (χ0v) is 17.6. The van der Waals surface area contributed by atoms with Crippen LogP contribution in [-0.4, -0.2) is 76.8 Å². The predicted molar refractivity (Wildman–Crippen MR) is 108 cm³/mol.